The molecule has 1 N–H and O–H groups in total. The highest BCUT2D eigenvalue weighted by molar-refractivity contribution is 4.31. The molecule has 0 aliphatic carbocycles. The molecule has 84 valence electrons. The summed E-state index contributed by atoms with van der Waals surface area (Å²) in [5.41, 5.74) is 0. The standard InChI is InChI=1S/C6H14.C4H11N.C2H6/c1-3-5-6-4-2;1-3-4-5-2;1-2/h3-6H2,1-2H3;5H,3-4H2,1-2H3;1-2H3. The molecule has 0 amide bonds. The van der Waals surface area contributed by atoms with Crippen molar-refractivity contribution in [2.24, 2.45) is 0 Å². The van der Waals surface area contributed by atoms with Crippen molar-refractivity contribution in [3.63, 3.8) is 0 Å². The lowest BCUT2D eigenvalue weighted by molar-refractivity contribution is 0.702. The van der Waals surface area contributed by atoms with Gasteiger partial charge in [-0.25, -0.2) is 0 Å². The zero-order valence-corrected chi connectivity index (χ0v) is 10.7. The van der Waals surface area contributed by atoms with Crippen molar-refractivity contribution >= 4 is 0 Å². The second-order valence-electron chi connectivity index (χ2n) is 2.81. The molecule has 0 aromatic carbocycles. The molecule has 0 heterocycles. The van der Waals surface area contributed by atoms with E-state index in [0.29, 0.717) is 0 Å². The lowest BCUT2D eigenvalue weighted by atomic mass is 10.2. The minimum absolute atomic E-state index is 1.14. The maximum Gasteiger partial charge on any atom is -0.00546 e. The summed E-state index contributed by atoms with van der Waals surface area (Å²) in [6, 6.07) is 0. The summed E-state index contributed by atoms with van der Waals surface area (Å²) >= 11 is 0. The normalized spacial score (nSPS) is 7.85. The topological polar surface area (TPSA) is 12.0 Å². The van der Waals surface area contributed by atoms with E-state index in [1.165, 1.54) is 32.1 Å². The summed E-state index contributed by atoms with van der Waals surface area (Å²) in [4.78, 5) is 0. The van der Waals surface area contributed by atoms with Gasteiger partial charge in [-0.2, -0.15) is 0 Å². The molecule has 0 spiro atoms. The average molecular weight is 189 g/mol. The molecule has 0 fully saturated rings. The van der Waals surface area contributed by atoms with Gasteiger partial charge in [-0.3, -0.25) is 0 Å². The molecule has 0 aromatic rings. The van der Waals surface area contributed by atoms with Crippen molar-refractivity contribution < 1.29 is 0 Å². The van der Waals surface area contributed by atoms with Crippen molar-refractivity contribution in [3.05, 3.63) is 0 Å². The van der Waals surface area contributed by atoms with Crippen LogP contribution in [0.2, 0.25) is 0 Å². The Morgan fingerprint density at radius 3 is 1.23 bits per heavy atom. The Hall–Kier alpha value is -0.0400. The van der Waals surface area contributed by atoms with Crippen LogP contribution in [0.4, 0.5) is 0 Å². The highest BCUT2D eigenvalue weighted by Crippen LogP contribution is 1.95. The van der Waals surface area contributed by atoms with Crippen LogP contribution in [0, 0.1) is 0 Å². The Kier molecular flexibility index (Phi) is 42.6. The predicted octanol–water partition coefficient (Wildman–Crippen LogP) is 4.23. The van der Waals surface area contributed by atoms with Crippen LogP contribution in [-0.4, -0.2) is 13.6 Å². The monoisotopic (exact) mass is 189 g/mol. The largest absolute Gasteiger partial charge is 0.320 e. The molecule has 0 unspecified atom stereocenters. The van der Waals surface area contributed by atoms with Gasteiger partial charge in [0.25, 0.3) is 0 Å². The zero-order chi connectivity index (χ0) is 10.9. The zero-order valence-electron chi connectivity index (χ0n) is 10.7. The number of nitrogens with one attached hydrogen (secondary N) is 1. The number of rotatable bonds is 5. The Morgan fingerprint density at radius 2 is 1.15 bits per heavy atom. The number of unbranched alkanes of at least 4 members (excludes halogenated alkanes) is 3. The number of hydrogen-bond donors (Lipinski definition) is 1. The predicted molar refractivity (Wildman–Crippen MR) is 65.4 cm³/mol. The van der Waals surface area contributed by atoms with E-state index in [1.54, 1.807) is 0 Å². The second kappa shape index (κ2) is 29.7. The Labute approximate surface area is 86.3 Å². The van der Waals surface area contributed by atoms with E-state index in [1.807, 2.05) is 20.9 Å². The summed E-state index contributed by atoms with van der Waals surface area (Å²) < 4.78 is 0. The van der Waals surface area contributed by atoms with Gasteiger partial charge < -0.3 is 5.32 Å². The highest BCUT2D eigenvalue weighted by Gasteiger charge is 1.75. The summed E-state index contributed by atoms with van der Waals surface area (Å²) in [5.74, 6) is 0. The van der Waals surface area contributed by atoms with Gasteiger partial charge in [0.2, 0.25) is 0 Å². The van der Waals surface area contributed by atoms with E-state index in [4.69, 9.17) is 0 Å². The summed E-state index contributed by atoms with van der Waals surface area (Å²) in [6.45, 7) is 11.8. The lowest BCUT2D eigenvalue weighted by Crippen LogP contribution is -2.04. The van der Waals surface area contributed by atoms with Gasteiger partial charge in [0.05, 0.1) is 0 Å². The van der Waals surface area contributed by atoms with Gasteiger partial charge in [0, 0.05) is 0 Å². The smallest absolute Gasteiger partial charge is 0.00546 e. The van der Waals surface area contributed by atoms with Gasteiger partial charge in [-0.1, -0.05) is 60.3 Å². The highest BCUT2D eigenvalue weighted by atomic mass is 14.8. The van der Waals surface area contributed by atoms with Crippen LogP contribution in [-0.2, 0) is 0 Å². The fourth-order valence-electron chi connectivity index (χ4n) is 0.750. The van der Waals surface area contributed by atoms with E-state index in [2.05, 4.69) is 26.1 Å². The average Bonchev–Trinajstić information content (AvgIpc) is 2.20. The van der Waals surface area contributed by atoms with E-state index < -0.39 is 0 Å². The third kappa shape index (κ3) is 48.2. The molecule has 0 atom stereocenters. The molecule has 0 aliphatic rings. The van der Waals surface area contributed by atoms with Crippen LogP contribution < -0.4 is 5.32 Å². The Bertz CT molecular complexity index is 38.4. The molecule has 1 nitrogen and oxygen atoms in total. The number of hydrogen-bond acceptors (Lipinski definition) is 1. The minimum atomic E-state index is 1.14. The lowest BCUT2D eigenvalue weighted by Gasteiger charge is -1.86. The second-order valence-corrected chi connectivity index (χ2v) is 2.81. The quantitative estimate of drug-likeness (QED) is 0.638. The first-order valence-electron chi connectivity index (χ1n) is 5.97. The first-order chi connectivity index (χ1) is 6.33. The van der Waals surface area contributed by atoms with Crippen LogP contribution >= 0.6 is 0 Å². The third-order valence-corrected chi connectivity index (χ3v) is 1.46. The van der Waals surface area contributed by atoms with Gasteiger partial charge in [0.15, 0.2) is 0 Å². The van der Waals surface area contributed by atoms with Crippen LogP contribution in [0.1, 0.15) is 66.7 Å². The van der Waals surface area contributed by atoms with Crippen molar-refractivity contribution in [2.45, 2.75) is 66.7 Å². The Balaban J connectivity index is -0.000000131. The molecule has 0 aliphatic heterocycles. The summed E-state index contributed by atoms with van der Waals surface area (Å²) in [7, 11) is 1.96. The first-order valence-corrected chi connectivity index (χ1v) is 5.97. The maximum absolute atomic E-state index is 3.02. The third-order valence-electron chi connectivity index (χ3n) is 1.46. The molecule has 0 saturated heterocycles. The van der Waals surface area contributed by atoms with E-state index >= 15 is 0 Å². The van der Waals surface area contributed by atoms with Crippen LogP contribution in [0.5, 0.6) is 0 Å². The van der Waals surface area contributed by atoms with Crippen molar-refractivity contribution in [1.29, 1.82) is 0 Å². The summed E-state index contributed by atoms with van der Waals surface area (Å²) in [5, 5.41) is 3.02. The fraction of sp³-hybridized carbons (Fsp3) is 1.00. The van der Waals surface area contributed by atoms with Crippen molar-refractivity contribution in [1.82, 2.24) is 5.32 Å². The van der Waals surface area contributed by atoms with Crippen molar-refractivity contribution in [2.75, 3.05) is 13.6 Å². The molecule has 13 heavy (non-hydrogen) atoms. The van der Waals surface area contributed by atoms with Crippen LogP contribution in [0.3, 0.4) is 0 Å². The Morgan fingerprint density at radius 1 is 0.769 bits per heavy atom. The molecule has 0 rings (SSSR count). The molecular formula is C12H31N. The first kappa shape index (κ1) is 18.7. The fourth-order valence-corrected chi connectivity index (χ4v) is 0.750. The SMILES string of the molecule is CC.CCCCCC.CCCNC. The molecule has 0 bridgehead atoms. The van der Waals surface area contributed by atoms with Gasteiger partial charge in [0.1, 0.15) is 0 Å². The van der Waals surface area contributed by atoms with Crippen LogP contribution in [0.25, 0.3) is 0 Å². The van der Waals surface area contributed by atoms with Crippen molar-refractivity contribution in [3.8, 4) is 0 Å². The van der Waals surface area contributed by atoms with Gasteiger partial charge in [-0.05, 0) is 20.0 Å². The molecule has 0 saturated carbocycles. The van der Waals surface area contributed by atoms with E-state index in [-0.39, 0.29) is 0 Å². The van der Waals surface area contributed by atoms with Gasteiger partial charge in [-0.15, -0.1) is 0 Å². The maximum atomic E-state index is 3.02. The molecule has 0 aromatic heterocycles. The minimum Gasteiger partial charge on any atom is -0.320 e. The summed E-state index contributed by atoms with van der Waals surface area (Å²) in [6.07, 6.45) is 6.77. The van der Waals surface area contributed by atoms with E-state index in [9.17, 15) is 0 Å². The molecule has 0 radical (unpaired) electrons. The molecular weight excluding hydrogens is 158 g/mol. The van der Waals surface area contributed by atoms with Crippen LogP contribution in [0.15, 0.2) is 0 Å². The molecule has 1 heteroatoms. The van der Waals surface area contributed by atoms with Gasteiger partial charge >= 0.3 is 0 Å². The van der Waals surface area contributed by atoms with E-state index in [0.717, 1.165) is 6.54 Å².